The number of pyridine rings is 1. The zero-order valence-electron chi connectivity index (χ0n) is 13.8. The second-order valence-corrected chi connectivity index (χ2v) is 6.98. The zero-order valence-corrected chi connectivity index (χ0v) is 15.3. The van der Waals surface area contributed by atoms with Crippen LogP contribution in [-0.4, -0.2) is 24.0 Å². The SMILES string of the molecule is CC(C)c1coc2c[nH+]c(C(=O)N[C@@H]3CC4CCC3[NH2+]4)cc12.[Cl-].[Cl-]. The van der Waals surface area contributed by atoms with E-state index >= 15 is 0 Å². The number of aromatic amines is 1. The van der Waals surface area contributed by atoms with E-state index in [1.54, 1.807) is 12.5 Å². The molecule has 0 saturated carbocycles. The molecule has 1 amide bonds. The Labute approximate surface area is 153 Å². The molecule has 0 aromatic carbocycles. The van der Waals surface area contributed by atoms with Gasteiger partial charge in [0.25, 0.3) is 5.69 Å². The molecule has 0 radical (unpaired) electrons. The molecule has 132 valence electrons. The van der Waals surface area contributed by atoms with Crippen LogP contribution in [0.15, 0.2) is 22.9 Å². The Balaban J connectivity index is 0.00000104. The van der Waals surface area contributed by atoms with Crippen LogP contribution in [0.1, 0.15) is 55.1 Å². The minimum absolute atomic E-state index is 0. The second-order valence-electron chi connectivity index (χ2n) is 6.98. The summed E-state index contributed by atoms with van der Waals surface area (Å²) in [6.07, 6.45) is 7.18. The topological polar surface area (TPSA) is 73.0 Å². The van der Waals surface area contributed by atoms with Crippen LogP contribution in [0, 0.1) is 0 Å². The number of carbonyl (C=O) groups is 1. The van der Waals surface area contributed by atoms with E-state index in [-0.39, 0.29) is 30.7 Å². The van der Waals surface area contributed by atoms with Gasteiger partial charge in [-0.05, 0) is 5.92 Å². The Morgan fingerprint density at radius 2 is 2.17 bits per heavy atom. The summed E-state index contributed by atoms with van der Waals surface area (Å²) in [5.74, 6) is 0.364. The quantitative estimate of drug-likeness (QED) is 0.566. The van der Waals surface area contributed by atoms with Gasteiger partial charge in [-0.2, -0.15) is 0 Å². The van der Waals surface area contributed by atoms with Gasteiger partial charge < -0.3 is 39.9 Å². The first kappa shape index (κ1) is 19.0. The summed E-state index contributed by atoms with van der Waals surface area (Å²) in [4.78, 5) is 15.6. The fraction of sp³-hybridized carbons (Fsp3) is 0.529. The maximum Gasteiger partial charge on any atom is 0.316 e. The van der Waals surface area contributed by atoms with Crippen LogP contribution in [0.4, 0.5) is 0 Å². The van der Waals surface area contributed by atoms with Crippen LogP contribution in [0.3, 0.4) is 0 Å². The van der Waals surface area contributed by atoms with Crippen LogP contribution in [0.2, 0.25) is 0 Å². The molecule has 2 aromatic rings. The molecule has 2 fully saturated rings. The van der Waals surface area contributed by atoms with Gasteiger partial charge in [-0.1, -0.05) is 13.8 Å². The minimum atomic E-state index is -0.0104. The van der Waals surface area contributed by atoms with Crippen LogP contribution in [0.5, 0.6) is 0 Å². The van der Waals surface area contributed by atoms with Crippen molar-refractivity contribution in [1.29, 1.82) is 0 Å². The first-order valence-electron chi connectivity index (χ1n) is 8.20. The van der Waals surface area contributed by atoms with Crippen molar-refractivity contribution in [1.82, 2.24) is 5.32 Å². The fourth-order valence-electron chi connectivity index (χ4n) is 3.96. The molecule has 2 aliphatic heterocycles. The van der Waals surface area contributed by atoms with E-state index in [4.69, 9.17) is 4.42 Å². The molecular weight excluding hydrogens is 349 g/mol. The number of furan rings is 1. The second kappa shape index (κ2) is 7.30. The van der Waals surface area contributed by atoms with Gasteiger partial charge >= 0.3 is 5.91 Å². The molecule has 2 unspecified atom stereocenters. The van der Waals surface area contributed by atoms with Crippen LogP contribution >= 0.6 is 0 Å². The fourth-order valence-corrected chi connectivity index (χ4v) is 3.96. The number of rotatable bonds is 3. The molecule has 4 rings (SSSR count). The molecule has 2 bridgehead atoms. The average molecular weight is 372 g/mol. The smallest absolute Gasteiger partial charge is 0.316 e. The highest BCUT2D eigenvalue weighted by molar-refractivity contribution is 5.94. The van der Waals surface area contributed by atoms with Gasteiger partial charge in [0.15, 0.2) is 5.58 Å². The summed E-state index contributed by atoms with van der Waals surface area (Å²) in [5.41, 5.74) is 2.55. The Hall–Kier alpha value is -1.30. The van der Waals surface area contributed by atoms with Crippen molar-refractivity contribution >= 4 is 16.9 Å². The number of H-pyrrole nitrogens is 1. The van der Waals surface area contributed by atoms with Crippen molar-refractivity contribution in [3.05, 3.63) is 29.8 Å². The van der Waals surface area contributed by atoms with E-state index in [0.717, 1.165) is 23.0 Å². The predicted octanol–water partition coefficient (Wildman–Crippen LogP) is -5.03. The molecule has 0 aliphatic carbocycles. The van der Waals surface area contributed by atoms with Crippen molar-refractivity contribution < 1.29 is 44.3 Å². The number of quaternary nitrogens is 1. The minimum Gasteiger partial charge on any atom is -1.00 e. The van der Waals surface area contributed by atoms with Crippen molar-refractivity contribution in [3.8, 4) is 0 Å². The summed E-state index contributed by atoms with van der Waals surface area (Å²) < 4.78 is 5.55. The molecule has 7 heteroatoms. The van der Waals surface area contributed by atoms with Crippen LogP contribution in [0.25, 0.3) is 11.0 Å². The number of nitrogens with one attached hydrogen (secondary N) is 2. The Morgan fingerprint density at radius 3 is 2.79 bits per heavy atom. The Kier molecular flexibility index (Phi) is 5.78. The molecule has 24 heavy (non-hydrogen) atoms. The third kappa shape index (κ3) is 3.25. The monoisotopic (exact) mass is 371 g/mol. The lowest BCUT2D eigenvalue weighted by Gasteiger charge is -2.16. The molecular formula is C17H23Cl2N3O2. The number of aromatic nitrogens is 1. The van der Waals surface area contributed by atoms with Crippen molar-refractivity contribution in [2.24, 2.45) is 0 Å². The number of hydrogen-bond donors (Lipinski definition) is 2. The predicted molar refractivity (Wildman–Crippen MR) is 81.5 cm³/mol. The molecule has 2 saturated heterocycles. The van der Waals surface area contributed by atoms with Gasteiger partial charge in [0.2, 0.25) is 6.20 Å². The van der Waals surface area contributed by atoms with Crippen molar-refractivity contribution in [3.63, 3.8) is 0 Å². The Bertz CT molecular complexity index is 732. The normalized spacial score (nSPS) is 24.7. The van der Waals surface area contributed by atoms with Gasteiger partial charge in [0, 0.05) is 36.3 Å². The highest BCUT2D eigenvalue weighted by Crippen LogP contribution is 2.27. The van der Waals surface area contributed by atoms with Crippen LogP contribution in [-0.2, 0) is 0 Å². The largest absolute Gasteiger partial charge is 1.00 e. The third-order valence-electron chi connectivity index (χ3n) is 5.18. The van der Waals surface area contributed by atoms with Crippen LogP contribution < -0.4 is 40.4 Å². The van der Waals surface area contributed by atoms with E-state index in [2.05, 4.69) is 29.5 Å². The highest BCUT2D eigenvalue weighted by atomic mass is 35.5. The Morgan fingerprint density at radius 1 is 1.38 bits per heavy atom. The summed E-state index contributed by atoms with van der Waals surface area (Å²) in [6, 6.07) is 3.51. The lowest BCUT2D eigenvalue weighted by atomic mass is 9.95. The van der Waals surface area contributed by atoms with E-state index < -0.39 is 0 Å². The molecule has 2 aliphatic rings. The van der Waals surface area contributed by atoms with Gasteiger partial charge in [0.1, 0.15) is 6.04 Å². The maximum atomic E-state index is 12.5. The summed E-state index contributed by atoms with van der Waals surface area (Å²) in [6.45, 7) is 4.26. The first-order valence-corrected chi connectivity index (χ1v) is 8.20. The van der Waals surface area contributed by atoms with Gasteiger partial charge in [-0.15, -0.1) is 0 Å². The summed E-state index contributed by atoms with van der Waals surface area (Å²) in [7, 11) is 0. The lowest BCUT2D eigenvalue weighted by Crippen LogP contribution is -3.00. The van der Waals surface area contributed by atoms with Crippen molar-refractivity contribution in [2.45, 2.75) is 57.2 Å². The average Bonchev–Trinajstić information content (AvgIpc) is 3.20. The number of hydrogen-bond acceptors (Lipinski definition) is 2. The molecule has 5 nitrogen and oxygen atoms in total. The van der Waals surface area contributed by atoms with Crippen molar-refractivity contribution in [2.75, 3.05) is 0 Å². The molecule has 4 heterocycles. The van der Waals surface area contributed by atoms with E-state index in [0.29, 0.717) is 29.7 Å². The summed E-state index contributed by atoms with van der Waals surface area (Å²) >= 11 is 0. The lowest BCUT2D eigenvalue weighted by molar-refractivity contribution is -0.682. The van der Waals surface area contributed by atoms with E-state index in [1.165, 1.54) is 12.8 Å². The number of nitrogens with two attached hydrogens (primary N) is 1. The highest BCUT2D eigenvalue weighted by Gasteiger charge is 2.44. The van der Waals surface area contributed by atoms with Gasteiger partial charge in [-0.25, -0.2) is 4.98 Å². The number of halogens is 2. The molecule has 3 atom stereocenters. The molecule has 2 aromatic heterocycles. The van der Waals surface area contributed by atoms with E-state index in [1.807, 2.05) is 6.07 Å². The van der Waals surface area contributed by atoms with Gasteiger partial charge in [0.05, 0.1) is 18.3 Å². The standard InChI is InChI=1S/C17H21N3O2.2ClH/c1-9(2)12-8-22-16-7-18-15(6-11(12)16)17(21)20-14-5-10-3-4-13(14)19-10;;/h6-10,13-14,19H,3-5H2,1-2H3,(H,20,21);2*1H/t10?,13?,14-;;/m1../s1. The number of amides is 1. The third-order valence-corrected chi connectivity index (χ3v) is 5.18. The zero-order chi connectivity index (χ0) is 15.3. The molecule has 4 N–H and O–H groups in total. The number of carbonyl (C=O) groups excluding carboxylic acids is 1. The maximum absolute atomic E-state index is 12.5. The van der Waals surface area contributed by atoms with E-state index in [9.17, 15) is 4.79 Å². The number of fused-ring (bicyclic) bond motifs is 3. The molecule has 0 spiro atoms. The van der Waals surface area contributed by atoms with Gasteiger partial charge in [-0.3, -0.25) is 4.79 Å². The summed E-state index contributed by atoms with van der Waals surface area (Å²) in [5, 5.41) is 6.65. The first-order chi connectivity index (χ1) is 10.6.